The zero-order valence-corrected chi connectivity index (χ0v) is 18.7. The summed E-state index contributed by atoms with van der Waals surface area (Å²) in [4.78, 5) is 22.8. The number of hydrogen-bond donors (Lipinski definition) is 1. The van der Waals surface area contributed by atoms with Crippen LogP contribution in [0.1, 0.15) is 52.0 Å². The number of oxazole rings is 1. The first-order valence-electron chi connectivity index (χ1n) is 11.2. The Balaban J connectivity index is 1.30. The predicted octanol–water partition coefficient (Wildman–Crippen LogP) is 5.22. The van der Waals surface area contributed by atoms with E-state index >= 15 is 0 Å². The van der Waals surface area contributed by atoms with E-state index in [4.69, 9.17) is 9.15 Å². The van der Waals surface area contributed by atoms with Gasteiger partial charge >= 0.3 is 0 Å². The number of piperidine rings is 1. The summed E-state index contributed by atoms with van der Waals surface area (Å²) >= 11 is 0. The van der Waals surface area contributed by atoms with Gasteiger partial charge in [0, 0.05) is 30.4 Å². The number of nitrogens with zero attached hydrogens (tertiary/aromatic N) is 2. The summed E-state index contributed by atoms with van der Waals surface area (Å²) in [5, 5.41) is 0.739. The first-order chi connectivity index (χ1) is 16.0. The molecule has 0 unspecified atom stereocenters. The van der Waals surface area contributed by atoms with E-state index in [0.717, 1.165) is 46.4 Å². The van der Waals surface area contributed by atoms with Crippen LogP contribution in [0.15, 0.2) is 53.1 Å². The predicted molar refractivity (Wildman–Crippen MR) is 123 cm³/mol. The second kappa shape index (κ2) is 8.73. The van der Waals surface area contributed by atoms with Crippen LogP contribution in [0.5, 0.6) is 5.75 Å². The van der Waals surface area contributed by atoms with Gasteiger partial charge in [-0.15, -0.1) is 0 Å². The number of aromatic nitrogens is 2. The van der Waals surface area contributed by atoms with E-state index in [1.165, 1.54) is 12.1 Å². The number of amides is 1. The number of nitrogens with one attached hydrogen (secondary N) is 1. The molecular weight excluding hydrogens is 421 g/mol. The highest BCUT2D eigenvalue weighted by atomic mass is 19.1. The van der Waals surface area contributed by atoms with Gasteiger partial charge in [-0.1, -0.05) is 12.1 Å². The van der Waals surface area contributed by atoms with Gasteiger partial charge in [-0.25, -0.2) is 9.37 Å². The summed E-state index contributed by atoms with van der Waals surface area (Å²) in [7, 11) is 1.65. The normalized spacial score (nSPS) is 16.3. The monoisotopic (exact) mass is 447 g/mol. The smallest absolute Gasteiger partial charge is 0.270 e. The Hall–Kier alpha value is -3.61. The van der Waals surface area contributed by atoms with Crippen LogP contribution < -0.4 is 4.74 Å². The summed E-state index contributed by atoms with van der Waals surface area (Å²) in [5.41, 5.74) is 3.17. The fraction of sp³-hybridized carbons (Fsp3) is 0.308. The number of likely N-dealkylation sites (tertiary alicyclic amines) is 1. The summed E-state index contributed by atoms with van der Waals surface area (Å²) in [5.74, 6) is 1.96. The zero-order valence-electron chi connectivity index (χ0n) is 18.7. The van der Waals surface area contributed by atoms with Gasteiger partial charge in [-0.3, -0.25) is 4.79 Å². The molecule has 33 heavy (non-hydrogen) atoms. The van der Waals surface area contributed by atoms with Gasteiger partial charge in [0.2, 0.25) is 0 Å². The van der Waals surface area contributed by atoms with E-state index in [2.05, 4.69) is 9.97 Å². The molecule has 5 rings (SSSR count). The number of methoxy groups -OCH3 is 1. The lowest BCUT2D eigenvalue weighted by molar-refractivity contribution is 0.0692. The summed E-state index contributed by atoms with van der Waals surface area (Å²) in [6.07, 6.45) is 4.22. The topological polar surface area (TPSA) is 71.4 Å². The summed E-state index contributed by atoms with van der Waals surface area (Å²) < 4.78 is 24.9. The molecule has 1 fully saturated rings. The first kappa shape index (κ1) is 21.2. The number of rotatable bonds is 5. The minimum atomic E-state index is -0.309. The maximum atomic E-state index is 13.7. The Morgan fingerprint density at radius 2 is 2.09 bits per heavy atom. The number of ether oxygens (including phenoxy) is 1. The molecule has 0 bridgehead atoms. The van der Waals surface area contributed by atoms with Gasteiger partial charge in [0.05, 0.1) is 19.2 Å². The molecule has 6 nitrogen and oxygen atoms in total. The highest BCUT2D eigenvalue weighted by molar-refractivity contribution is 6.01. The average molecular weight is 448 g/mol. The molecule has 0 aliphatic carbocycles. The van der Waals surface area contributed by atoms with E-state index in [1.807, 2.05) is 36.1 Å². The molecule has 0 radical (unpaired) electrons. The number of aryl methyl sites for hydroxylation is 1. The number of carbonyl (C=O) groups is 1. The Morgan fingerprint density at radius 1 is 1.27 bits per heavy atom. The number of fused-ring (bicyclic) bond motifs is 1. The van der Waals surface area contributed by atoms with Crippen LogP contribution >= 0.6 is 0 Å². The van der Waals surface area contributed by atoms with Crippen LogP contribution in [0.2, 0.25) is 0 Å². The maximum absolute atomic E-state index is 13.7. The van der Waals surface area contributed by atoms with E-state index in [0.29, 0.717) is 31.1 Å². The number of H-pyrrole nitrogens is 1. The largest absolute Gasteiger partial charge is 0.497 e. The van der Waals surface area contributed by atoms with Crippen molar-refractivity contribution in [2.24, 2.45) is 0 Å². The van der Waals surface area contributed by atoms with Crippen molar-refractivity contribution in [2.45, 2.75) is 32.1 Å². The van der Waals surface area contributed by atoms with Crippen molar-refractivity contribution < 1.29 is 18.3 Å². The Labute approximate surface area is 191 Å². The molecule has 1 aliphatic rings. The van der Waals surface area contributed by atoms with Crippen molar-refractivity contribution in [1.29, 1.82) is 0 Å². The SMILES string of the molecule is COc1ccc(Cc2cnc([C@@H]3CCCN(C(=O)c4[nH]c5ccc(F)cc5c4C)C3)o2)cc1. The third kappa shape index (κ3) is 4.23. The third-order valence-corrected chi connectivity index (χ3v) is 6.40. The number of hydrogen-bond acceptors (Lipinski definition) is 4. The number of benzene rings is 2. The van der Waals surface area contributed by atoms with Crippen molar-refractivity contribution in [3.8, 4) is 5.75 Å². The molecule has 2 aromatic heterocycles. The van der Waals surface area contributed by atoms with Crippen LogP contribution in [-0.4, -0.2) is 41.0 Å². The molecule has 1 saturated heterocycles. The fourth-order valence-corrected chi connectivity index (χ4v) is 4.57. The molecule has 1 N–H and O–H groups in total. The third-order valence-electron chi connectivity index (χ3n) is 6.40. The summed E-state index contributed by atoms with van der Waals surface area (Å²) in [6.45, 7) is 3.08. The number of carbonyl (C=O) groups excluding carboxylic acids is 1. The Kier molecular flexibility index (Phi) is 5.62. The second-order valence-corrected chi connectivity index (χ2v) is 8.59. The lowest BCUT2D eigenvalue weighted by Gasteiger charge is -2.31. The van der Waals surface area contributed by atoms with E-state index in [1.54, 1.807) is 19.4 Å². The van der Waals surface area contributed by atoms with Gasteiger partial charge in [-0.2, -0.15) is 0 Å². The van der Waals surface area contributed by atoms with Crippen molar-refractivity contribution in [3.63, 3.8) is 0 Å². The lowest BCUT2D eigenvalue weighted by Crippen LogP contribution is -2.39. The highest BCUT2D eigenvalue weighted by Crippen LogP contribution is 2.30. The highest BCUT2D eigenvalue weighted by Gasteiger charge is 2.30. The Morgan fingerprint density at radius 3 is 2.88 bits per heavy atom. The average Bonchev–Trinajstić information content (AvgIpc) is 3.44. The van der Waals surface area contributed by atoms with Crippen LogP contribution in [-0.2, 0) is 6.42 Å². The van der Waals surface area contributed by atoms with Crippen LogP contribution in [0.25, 0.3) is 10.9 Å². The van der Waals surface area contributed by atoms with Gasteiger partial charge in [0.25, 0.3) is 5.91 Å². The second-order valence-electron chi connectivity index (χ2n) is 8.59. The lowest BCUT2D eigenvalue weighted by atomic mass is 9.97. The molecule has 0 spiro atoms. The molecule has 4 aromatic rings. The molecule has 0 saturated carbocycles. The first-order valence-corrected chi connectivity index (χ1v) is 11.2. The van der Waals surface area contributed by atoms with Gasteiger partial charge in [-0.05, 0) is 61.2 Å². The molecule has 1 atom stereocenters. The quantitative estimate of drug-likeness (QED) is 0.455. The van der Waals surface area contributed by atoms with Crippen LogP contribution in [0, 0.1) is 12.7 Å². The summed E-state index contributed by atoms with van der Waals surface area (Å²) in [6, 6.07) is 12.4. The van der Waals surface area contributed by atoms with Crippen molar-refractivity contribution >= 4 is 16.8 Å². The van der Waals surface area contributed by atoms with Gasteiger partial charge in [0.1, 0.15) is 23.0 Å². The van der Waals surface area contributed by atoms with Gasteiger partial charge in [0.15, 0.2) is 5.89 Å². The van der Waals surface area contributed by atoms with Crippen molar-refractivity contribution in [2.75, 3.05) is 20.2 Å². The Bertz CT molecular complexity index is 1290. The van der Waals surface area contributed by atoms with Crippen molar-refractivity contribution in [3.05, 3.63) is 83.0 Å². The van der Waals surface area contributed by atoms with Gasteiger partial charge < -0.3 is 19.0 Å². The molecule has 1 amide bonds. The van der Waals surface area contributed by atoms with E-state index in [9.17, 15) is 9.18 Å². The standard InChI is InChI=1S/C26H26FN3O3/c1-16-22-13-19(27)7-10-23(22)29-24(16)26(31)30-11-3-4-18(15-30)25-28-14-21(33-25)12-17-5-8-20(32-2)9-6-17/h5-10,13-14,18,29H,3-4,11-12,15H2,1-2H3/t18-/m1/s1. The van der Waals surface area contributed by atoms with E-state index < -0.39 is 0 Å². The molecule has 1 aliphatic heterocycles. The van der Waals surface area contributed by atoms with Crippen LogP contribution in [0.3, 0.4) is 0 Å². The molecule has 3 heterocycles. The van der Waals surface area contributed by atoms with Crippen molar-refractivity contribution in [1.82, 2.24) is 14.9 Å². The zero-order chi connectivity index (χ0) is 22.9. The molecule has 2 aromatic carbocycles. The molecule has 170 valence electrons. The minimum absolute atomic E-state index is 0.0504. The maximum Gasteiger partial charge on any atom is 0.270 e. The fourth-order valence-electron chi connectivity index (χ4n) is 4.57. The molecule has 7 heteroatoms. The van der Waals surface area contributed by atoms with Crippen LogP contribution in [0.4, 0.5) is 4.39 Å². The number of aromatic amines is 1. The number of halogens is 1. The molecular formula is C26H26FN3O3. The minimum Gasteiger partial charge on any atom is -0.497 e. The van der Waals surface area contributed by atoms with E-state index in [-0.39, 0.29) is 17.6 Å².